The molecule has 0 radical (unpaired) electrons. The van der Waals surface area contributed by atoms with Gasteiger partial charge >= 0.3 is 0 Å². The second kappa shape index (κ2) is 17.3. The minimum Gasteiger partial charge on any atom is -0.369 e. The number of hydrogen-bond donors (Lipinski definition) is 0. The Balaban J connectivity index is 1.84. The number of ether oxygens (including phenoxy) is 1. The molecule has 1 heteroatoms. The topological polar surface area (TPSA) is 9.23 Å². The van der Waals surface area contributed by atoms with Gasteiger partial charge in [-0.05, 0) is 12.0 Å². The van der Waals surface area contributed by atoms with E-state index in [0.717, 1.165) is 13.0 Å². The molecule has 1 aromatic carbocycles. The molecule has 1 nitrogen and oxygen atoms in total. The first-order valence-electron chi connectivity index (χ1n) is 11.2. The molecule has 0 spiro atoms. The summed E-state index contributed by atoms with van der Waals surface area (Å²) in [5.41, 5.74) is 1.20. The van der Waals surface area contributed by atoms with Gasteiger partial charge in [-0.25, -0.2) is 0 Å². The van der Waals surface area contributed by atoms with Crippen molar-refractivity contribution in [3.05, 3.63) is 48.6 Å². The first-order chi connectivity index (χ1) is 12.9. The quantitative estimate of drug-likeness (QED) is 0.189. The highest BCUT2D eigenvalue weighted by atomic mass is 16.5. The molecule has 0 aromatic heterocycles. The molecule has 1 aromatic rings. The molecule has 0 fully saturated rings. The Kier molecular flexibility index (Phi) is 15.3. The summed E-state index contributed by atoms with van der Waals surface area (Å²) in [6.45, 7) is 7.03. The van der Waals surface area contributed by atoms with Gasteiger partial charge < -0.3 is 4.74 Å². The molecule has 0 bridgehead atoms. The molecule has 0 saturated heterocycles. The Hall–Kier alpha value is -1.08. The van der Waals surface area contributed by atoms with E-state index in [1.807, 2.05) is 12.1 Å². The van der Waals surface area contributed by atoms with E-state index in [-0.39, 0.29) is 6.10 Å². The average molecular weight is 359 g/mol. The third kappa shape index (κ3) is 12.3. The molecule has 0 aliphatic carbocycles. The van der Waals surface area contributed by atoms with Crippen molar-refractivity contribution in [1.82, 2.24) is 0 Å². The molecular weight excluding hydrogens is 316 g/mol. The van der Waals surface area contributed by atoms with Gasteiger partial charge in [0.15, 0.2) is 0 Å². The Morgan fingerprint density at radius 2 is 1.19 bits per heavy atom. The van der Waals surface area contributed by atoms with Gasteiger partial charge in [-0.1, -0.05) is 127 Å². The van der Waals surface area contributed by atoms with Crippen LogP contribution in [0.1, 0.15) is 108 Å². The van der Waals surface area contributed by atoms with E-state index in [1.54, 1.807) is 0 Å². The summed E-state index contributed by atoms with van der Waals surface area (Å²) in [6.07, 6.45) is 21.4. The molecule has 0 N–H and O–H groups in total. The van der Waals surface area contributed by atoms with Crippen molar-refractivity contribution < 1.29 is 4.74 Å². The smallest absolute Gasteiger partial charge is 0.100 e. The first kappa shape index (κ1) is 23.0. The second-order valence-corrected chi connectivity index (χ2v) is 7.53. The lowest BCUT2D eigenvalue weighted by Crippen LogP contribution is -2.02. The summed E-state index contributed by atoms with van der Waals surface area (Å²) in [7, 11) is 0. The number of rotatable bonds is 18. The fraction of sp³-hybridized carbons (Fsp3) is 0.680. The van der Waals surface area contributed by atoms with Crippen LogP contribution in [0.3, 0.4) is 0 Å². The van der Waals surface area contributed by atoms with E-state index in [1.165, 1.54) is 89.0 Å². The van der Waals surface area contributed by atoms with Crippen molar-refractivity contribution in [2.75, 3.05) is 6.61 Å². The summed E-state index contributed by atoms with van der Waals surface area (Å²) >= 11 is 0. The van der Waals surface area contributed by atoms with Crippen LogP contribution in [-0.4, -0.2) is 6.61 Å². The van der Waals surface area contributed by atoms with Gasteiger partial charge in [0, 0.05) is 6.61 Å². The molecule has 1 unspecified atom stereocenters. The zero-order chi connectivity index (χ0) is 18.7. The maximum Gasteiger partial charge on any atom is 0.100 e. The lowest BCUT2D eigenvalue weighted by Gasteiger charge is -2.14. The van der Waals surface area contributed by atoms with Crippen LogP contribution >= 0.6 is 0 Å². The van der Waals surface area contributed by atoms with Gasteiger partial charge in [0.25, 0.3) is 0 Å². The summed E-state index contributed by atoms with van der Waals surface area (Å²) in [5.74, 6) is 0. The Bertz CT molecular complexity index is 411. The van der Waals surface area contributed by atoms with Gasteiger partial charge in [-0.3, -0.25) is 0 Å². The summed E-state index contributed by atoms with van der Waals surface area (Å²) in [5, 5.41) is 0. The van der Waals surface area contributed by atoms with E-state index < -0.39 is 0 Å². The summed E-state index contributed by atoms with van der Waals surface area (Å²) < 4.78 is 5.97. The predicted molar refractivity (Wildman–Crippen MR) is 116 cm³/mol. The minimum absolute atomic E-state index is 0.0400. The van der Waals surface area contributed by atoms with E-state index in [2.05, 4.69) is 37.8 Å². The highest BCUT2D eigenvalue weighted by Crippen LogP contribution is 2.19. The highest BCUT2D eigenvalue weighted by molar-refractivity contribution is 5.20. The van der Waals surface area contributed by atoms with Gasteiger partial charge in [0.2, 0.25) is 0 Å². The summed E-state index contributed by atoms with van der Waals surface area (Å²) in [6, 6.07) is 10.4. The molecule has 0 amide bonds. The molecule has 1 rings (SSSR count). The molecule has 0 heterocycles. The standard InChI is InChI=1S/C25H42O/c1-3-5-6-7-8-9-10-11-12-13-14-15-16-20-23-26-25(4-2)24-21-18-17-19-22-24/h4,17-19,21-22,25H,2-3,5-16,20,23H2,1H3. The monoisotopic (exact) mass is 358 g/mol. The Morgan fingerprint density at radius 1 is 0.731 bits per heavy atom. The molecule has 0 saturated carbocycles. The largest absolute Gasteiger partial charge is 0.369 e. The molecule has 0 aliphatic rings. The van der Waals surface area contributed by atoms with E-state index >= 15 is 0 Å². The van der Waals surface area contributed by atoms with Crippen LogP contribution in [0, 0.1) is 0 Å². The minimum atomic E-state index is 0.0400. The number of hydrogen-bond acceptors (Lipinski definition) is 1. The van der Waals surface area contributed by atoms with Crippen LogP contribution in [0.25, 0.3) is 0 Å². The maximum absolute atomic E-state index is 5.97. The molecule has 148 valence electrons. The zero-order valence-electron chi connectivity index (χ0n) is 17.3. The van der Waals surface area contributed by atoms with Gasteiger partial charge in [-0.15, -0.1) is 6.58 Å². The van der Waals surface area contributed by atoms with Gasteiger partial charge in [0.05, 0.1) is 0 Å². The van der Waals surface area contributed by atoms with Crippen molar-refractivity contribution >= 4 is 0 Å². The fourth-order valence-corrected chi connectivity index (χ4v) is 3.45. The molecule has 26 heavy (non-hydrogen) atoms. The predicted octanol–water partition coefficient (Wildman–Crippen LogP) is 8.41. The third-order valence-corrected chi connectivity index (χ3v) is 5.14. The Morgan fingerprint density at radius 3 is 1.65 bits per heavy atom. The Labute approximate surface area is 163 Å². The lowest BCUT2D eigenvalue weighted by molar-refractivity contribution is 0.0821. The summed E-state index contributed by atoms with van der Waals surface area (Å²) in [4.78, 5) is 0. The highest BCUT2D eigenvalue weighted by Gasteiger charge is 2.06. The van der Waals surface area contributed by atoms with Crippen LogP contribution in [0.5, 0.6) is 0 Å². The zero-order valence-corrected chi connectivity index (χ0v) is 17.3. The molecule has 0 aliphatic heterocycles. The maximum atomic E-state index is 5.97. The van der Waals surface area contributed by atoms with Crippen LogP contribution in [0.4, 0.5) is 0 Å². The van der Waals surface area contributed by atoms with E-state index in [4.69, 9.17) is 4.74 Å². The van der Waals surface area contributed by atoms with Crippen LogP contribution in [0.15, 0.2) is 43.0 Å². The van der Waals surface area contributed by atoms with Gasteiger partial charge in [0.1, 0.15) is 6.10 Å². The van der Waals surface area contributed by atoms with Crippen LogP contribution in [0.2, 0.25) is 0 Å². The first-order valence-corrected chi connectivity index (χ1v) is 11.2. The van der Waals surface area contributed by atoms with E-state index in [9.17, 15) is 0 Å². The number of benzene rings is 1. The van der Waals surface area contributed by atoms with Crippen LogP contribution in [-0.2, 0) is 4.74 Å². The molecular formula is C25H42O. The second-order valence-electron chi connectivity index (χ2n) is 7.53. The lowest BCUT2D eigenvalue weighted by atomic mass is 10.0. The third-order valence-electron chi connectivity index (χ3n) is 5.14. The van der Waals surface area contributed by atoms with E-state index in [0.29, 0.717) is 0 Å². The molecule has 1 atom stereocenters. The SMILES string of the molecule is C=CC(OCCCCCCCCCCCCCCCC)c1ccccc1. The normalized spacial score (nSPS) is 12.2. The van der Waals surface area contributed by atoms with Crippen LogP contribution < -0.4 is 0 Å². The fourth-order valence-electron chi connectivity index (χ4n) is 3.45. The van der Waals surface area contributed by atoms with Crippen molar-refractivity contribution in [3.63, 3.8) is 0 Å². The van der Waals surface area contributed by atoms with Crippen molar-refractivity contribution in [1.29, 1.82) is 0 Å². The average Bonchev–Trinajstić information content (AvgIpc) is 2.68. The van der Waals surface area contributed by atoms with Crippen molar-refractivity contribution in [3.8, 4) is 0 Å². The van der Waals surface area contributed by atoms with Crippen molar-refractivity contribution in [2.45, 2.75) is 103 Å². The van der Waals surface area contributed by atoms with Crippen molar-refractivity contribution in [2.24, 2.45) is 0 Å². The number of unbranched alkanes of at least 4 members (excludes halogenated alkanes) is 13. The van der Waals surface area contributed by atoms with Gasteiger partial charge in [-0.2, -0.15) is 0 Å².